The Labute approximate surface area is 117 Å². The van der Waals surface area contributed by atoms with Gasteiger partial charge in [0.15, 0.2) is 17.3 Å². The van der Waals surface area contributed by atoms with E-state index in [1.165, 1.54) is 24.3 Å². The molecule has 20 heavy (non-hydrogen) atoms. The SMILES string of the molecule is COc1ccc(CC(=O)c2ccc(F)cc2)cc1OC. The van der Waals surface area contributed by atoms with Crippen molar-refractivity contribution in [3.8, 4) is 11.5 Å². The number of hydrogen-bond donors (Lipinski definition) is 0. The zero-order valence-electron chi connectivity index (χ0n) is 11.4. The summed E-state index contributed by atoms with van der Waals surface area (Å²) in [4.78, 5) is 12.1. The Morgan fingerprint density at radius 2 is 1.65 bits per heavy atom. The fraction of sp³-hybridized carbons (Fsp3) is 0.188. The van der Waals surface area contributed by atoms with Gasteiger partial charge in [0.1, 0.15) is 5.82 Å². The van der Waals surface area contributed by atoms with Gasteiger partial charge in [0.05, 0.1) is 14.2 Å². The first-order chi connectivity index (χ1) is 9.63. The Kier molecular flexibility index (Phi) is 4.35. The largest absolute Gasteiger partial charge is 0.493 e. The Morgan fingerprint density at radius 1 is 1.00 bits per heavy atom. The zero-order chi connectivity index (χ0) is 14.5. The van der Waals surface area contributed by atoms with Crippen LogP contribution in [-0.2, 0) is 6.42 Å². The monoisotopic (exact) mass is 274 g/mol. The van der Waals surface area contributed by atoms with Gasteiger partial charge in [0.25, 0.3) is 0 Å². The molecule has 0 radical (unpaired) electrons. The number of ketones is 1. The molecular formula is C16H15FO3. The molecule has 0 bridgehead atoms. The van der Waals surface area contributed by atoms with Gasteiger partial charge in [-0.3, -0.25) is 4.79 Å². The van der Waals surface area contributed by atoms with E-state index >= 15 is 0 Å². The topological polar surface area (TPSA) is 35.5 Å². The molecule has 0 saturated heterocycles. The highest BCUT2D eigenvalue weighted by atomic mass is 19.1. The molecule has 0 aliphatic carbocycles. The van der Waals surface area contributed by atoms with Crippen molar-refractivity contribution in [3.05, 3.63) is 59.4 Å². The molecule has 0 atom stereocenters. The summed E-state index contributed by atoms with van der Waals surface area (Å²) in [6, 6.07) is 10.9. The molecule has 0 unspecified atom stereocenters. The van der Waals surface area contributed by atoms with Crippen LogP contribution in [-0.4, -0.2) is 20.0 Å². The van der Waals surface area contributed by atoms with Crippen molar-refractivity contribution in [1.82, 2.24) is 0 Å². The van der Waals surface area contributed by atoms with Crippen molar-refractivity contribution in [2.45, 2.75) is 6.42 Å². The standard InChI is InChI=1S/C16H15FO3/c1-19-15-8-3-11(10-16(15)20-2)9-14(18)12-4-6-13(17)7-5-12/h3-8,10H,9H2,1-2H3. The molecule has 2 aromatic rings. The van der Waals surface area contributed by atoms with E-state index in [0.29, 0.717) is 17.1 Å². The minimum Gasteiger partial charge on any atom is -0.493 e. The average Bonchev–Trinajstić information content (AvgIpc) is 2.47. The molecule has 0 aliphatic rings. The van der Waals surface area contributed by atoms with Gasteiger partial charge in [0.2, 0.25) is 0 Å². The number of halogens is 1. The Morgan fingerprint density at radius 3 is 2.25 bits per heavy atom. The predicted molar refractivity (Wildman–Crippen MR) is 74.0 cm³/mol. The molecule has 0 saturated carbocycles. The van der Waals surface area contributed by atoms with Gasteiger partial charge in [-0.05, 0) is 42.0 Å². The number of ether oxygens (including phenoxy) is 2. The maximum absolute atomic E-state index is 12.8. The third kappa shape index (κ3) is 3.15. The summed E-state index contributed by atoms with van der Waals surface area (Å²) in [5.41, 5.74) is 1.30. The molecule has 0 aliphatic heterocycles. The van der Waals surface area contributed by atoms with E-state index in [1.54, 1.807) is 26.4 Å². The second-order valence-corrected chi connectivity index (χ2v) is 4.30. The van der Waals surface area contributed by atoms with Crippen LogP contribution in [0.1, 0.15) is 15.9 Å². The van der Waals surface area contributed by atoms with Crippen LogP contribution in [0.4, 0.5) is 4.39 Å². The van der Waals surface area contributed by atoms with Crippen molar-refractivity contribution in [1.29, 1.82) is 0 Å². The molecule has 3 nitrogen and oxygen atoms in total. The zero-order valence-corrected chi connectivity index (χ0v) is 11.4. The Hall–Kier alpha value is -2.36. The van der Waals surface area contributed by atoms with E-state index in [1.807, 2.05) is 6.07 Å². The summed E-state index contributed by atoms with van der Waals surface area (Å²) in [5.74, 6) is 0.771. The van der Waals surface area contributed by atoms with Gasteiger partial charge in [0, 0.05) is 12.0 Å². The molecule has 0 spiro atoms. The molecule has 2 rings (SSSR count). The minimum absolute atomic E-state index is 0.0720. The molecule has 0 fully saturated rings. The van der Waals surface area contributed by atoms with Crippen molar-refractivity contribution in [2.24, 2.45) is 0 Å². The summed E-state index contributed by atoms with van der Waals surface area (Å²) < 4.78 is 23.2. The van der Waals surface area contributed by atoms with Gasteiger partial charge < -0.3 is 9.47 Å². The summed E-state index contributed by atoms with van der Waals surface area (Å²) in [7, 11) is 3.10. The van der Waals surface area contributed by atoms with Crippen LogP contribution >= 0.6 is 0 Å². The summed E-state index contributed by atoms with van der Waals surface area (Å²) in [6.45, 7) is 0. The number of hydrogen-bond acceptors (Lipinski definition) is 3. The van der Waals surface area contributed by atoms with Crippen LogP contribution in [0.25, 0.3) is 0 Å². The quantitative estimate of drug-likeness (QED) is 0.785. The lowest BCUT2D eigenvalue weighted by Gasteiger charge is -2.09. The predicted octanol–water partition coefficient (Wildman–Crippen LogP) is 3.27. The molecule has 0 aromatic heterocycles. The Balaban J connectivity index is 2.17. The Bertz CT molecular complexity index is 606. The molecule has 0 heterocycles. The number of benzene rings is 2. The minimum atomic E-state index is -0.354. The molecular weight excluding hydrogens is 259 g/mol. The first-order valence-corrected chi connectivity index (χ1v) is 6.13. The number of carbonyl (C=O) groups is 1. The maximum Gasteiger partial charge on any atom is 0.167 e. The summed E-state index contributed by atoms with van der Waals surface area (Å²) in [6.07, 6.45) is 0.228. The van der Waals surface area contributed by atoms with Crippen molar-refractivity contribution in [3.63, 3.8) is 0 Å². The third-order valence-electron chi connectivity index (χ3n) is 2.98. The van der Waals surface area contributed by atoms with Crippen LogP contribution in [0.5, 0.6) is 11.5 Å². The van der Waals surface area contributed by atoms with Crippen LogP contribution in [0.3, 0.4) is 0 Å². The van der Waals surface area contributed by atoms with Crippen LogP contribution in [0, 0.1) is 5.82 Å². The second-order valence-electron chi connectivity index (χ2n) is 4.30. The van der Waals surface area contributed by atoms with Gasteiger partial charge in [-0.1, -0.05) is 6.07 Å². The van der Waals surface area contributed by atoms with E-state index in [0.717, 1.165) is 5.56 Å². The van der Waals surface area contributed by atoms with Crippen molar-refractivity contribution >= 4 is 5.78 Å². The first-order valence-electron chi connectivity index (χ1n) is 6.13. The van der Waals surface area contributed by atoms with Crippen LogP contribution < -0.4 is 9.47 Å². The molecule has 2 aromatic carbocycles. The normalized spacial score (nSPS) is 10.2. The third-order valence-corrected chi connectivity index (χ3v) is 2.98. The van der Waals surface area contributed by atoms with Crippen molar-refractivity contribution in [2.75, 3.05) is 14.2 Å². The van der Waals surface area contributed by atoms with E-state index in [9.17, 15) is 9.18 Å². The van der Waals surface area contributed by atoms with Crippen LogP contribution in [0.15, 0.2) is 42.5 Å². The summed E-state index contributed by atoms with van der Waals surface area (Å²) in [5, 5.41) is 0. The lowest BCUT2D eigenvalue weighted by molar-refractivity contribution is 0.0993. The lowest BCUT2D eigenvalue weighted by atomic mass is 10.0. The second kappa shape index (κ2) is 6.19. The highest BCUT2D eigenvalue weighted by Crippen LogP contribution is 2.28. The van der Waals surface area contributed by atoms with Crippen molar-refractivity contribution < 1.29 is 18.7 Å². The van der Waals surface area contributed by atoms with E-state index in [4.69, 9.17) is 9.47 Å². The average molecular weight is 274 g/mol. The fourth-order valence-corrected chi connectivity index (χ4v) is 1.91. The lowest BCUT2D eigenvalue weighted by Crippen LogP contribution is -2.04. The summed E-state index contributed by atoms with van der Waals surface area (Å²) >= 11 is 0. The van der Waals surface area contributed by atoms with Crippen LogP contribution in [0.2, 0.25) is 0 Å². The van der Waals surface area contributed by atoms with Gasteiger partial charge in [-0.25, -0.2) is 4.39 Å². The number of carbonyl (C=O) groups excluding carboxylic acids is 1. The van der Waals surface area contributed by atoms with Gasteiger partial charge in [-0.2, -0.15) is 0 Å². The fourth-order valence-electron chi connectivity index (χ4n) is 1.91. The smallest absolute Gasteiger partial charge is 0.167 e. The van der Waals surface area contributed by atoms with E-state index < -0.39 is 0 Å². The number of Topliss-reactive ketones (excluding diaryl/α,β-unsaturated/α-hetero) is 1. The number of methoxy groups -OCH3 is 2. The molecule has 4 heteroatoms. The van der Waals surface area contributed by atoms with E-state index in [2.05, 4.69) is 0 Å². The first kappa shape index (κ1) is 14.1. The molecule has 0 N–H and O–H groups in total. The maximum atomic E-state index is 12.8. The van der Waals surface area contributed by atoms with E-state index in [-0.39, 0.29) is 18.0 Å². The molecule has 104 valence electrons. The van der Waals surface area contributed by atoms with Gasteiger partial charge in [-0.15, -0.1) is 0 Å². The molecule has 0 amide bonds. The highest BCUT2D eigenvalue weighted by molar-refractivity contribution is 5.97. The highest BCUT2D eigenvalue weighted by Gasteiger charge is 2.10. The number of rotatable bonds is 5. The van der Waals surface area contributed by atoms with Gasteiger partial charge >= 0.3 is 0 Å².